The van der Waals surface area contributed by atoms with Gasteiger partial charge in [-0.15, -0.1) is 0 Å². The SMILES string of the molecule is CC(C)c1nc([C@@H]2CCCN2Cc2nc3ccccc3n2C)no1. The summed E-state index contributed by atoms with van der Waals surface area (Å²) in [4.78, 5) is 11.8. The predicted octanol–water partition coefficient (Wildman–Crippen LogP) is 3.42. The van der Waals surface area contributed by atoms with Crippen molar-refractivity contribution in [3.8, 4) is 0 Å². The first-order chi connectivity index (χ1) is 11.6. The van der Waals surface area contributed by atoms with Crippen LogP contribution in [0.5, 0.6) is 0 Å². The minimum absolute atomic E-state index is 0.223. The molecule has 1 fully saturated rings. The first-order valence-electron chi connectivity index (χ1n) is 8.61. The zero-order chi connectivity index (χ0) is 16.7. The summed E-state index contributed by atoms with van der Waals surface area (Å²) in [6.07, 6.45) is 2.22. The molecule has 2 aromatic heterocycles. The van der Waals surface area contributed by atoms with E-state index < -0.39 is 0 Å². The summed E-state index contributed by atoms with van der Waals surface area (Å²) in [6, 6.07) is 8.49. The lowest BCUT2D eigenvalue weighted by molar-refractivity contribution is 0.226. The van der Waals surface area contributed by atoms with E-state index in [-0.39, 0.29) is 12.0 Å². The third-order valence-corrected chi connectivity index (χ3v) is 4.84. The largest absolute Gasteiger partial charge is 0.339 e. The second-order valence-electron chi connectivity index (χ2n) is 6.85. The zero-order valence-corrected chi connectivity index (χ0v) is 14.4. The first-order valence-corrected chi connectivity index (χ1v) is 8.61. The number of para-hydroxylation sites is 2. The summed E-state index contributed by atoms with van der Waals surface area (Å²) in [5.41, 5.74) is 2.22. The molecule has 1 saturated heterocycles. The molecule has 24 heavy (non-hydrogen) atoms. The third-order valence-electron chi connectivity index (χ3n) is 4.84. The molecule has 1 aromatic carbocycles. The summed E-state index contributed by atoms with van der Waals surface area (Å²) in [5, 5.41) is 4.22. The van der Waals surface area contributed by atoms with Gasteiger partial charge in [0.05, 0.1) is 23.6 Å². The lowest BCUT2D eigenvalue weighted by Gasteiger charge is -2.21. The Labute approximate surface area is 141 Å². The highest BCUT2D eigenvalue weighted by Crippen LogP contribution is 2.32. The molecule has 3 heterocycles. The lowest BCUT2D eigenvalue weighted by Crippen LogP contribution is -2.25. The van der Waals surface area contributed by atoms with Crippen molar-refractivity contribution in [2.45, 2.75) is 45.2 Å². The van der Waals surface area contributed by atoms with E-state index in [9.17, 15) is 0 Å². The maximum absolute atomic E-state index is 5.40. The molecular formula is C18H23N5O. The van der Waals surface area contributed by atoms with Crippen molar-refractivity contribution in [1.29, 1.82) is 0 Å². The second-order valence-corrected chi connectivity index (χ2v) is 6.85. The van der Waals surface area contributed by atoms with Crippen LogP contribution in [0.4, 0.5) is 0 Å². The van der Waals surface area contributed by atoms with E-state index in [4.69, 9.17) is 9.51 Å². The quantitative estimate of drug-likeness (QED) is 0.735. The van der Waals surface area contributed by atoms with Crippen molar-refractivity contribution in [3.63, 3.8) is 0 Å². The molecule has 0 radical (unpaired) electrons. The topological polar surface area (TPSA) is 60.0 Å². The average Bonchev–Trinajstić information content (AvgIpc) is 3.28. The number of aromatic nitrogens is 4. The number of hydrogen-bond donors (Lipinski definition) is 0. The monoisotopic (exact) mass is 325 g/mol. The van der Waals surface area contributed by atoms with Gasteiger partial charge in [0.15, 0.2) is 5.82 Å². The first kappa shape index (κ1) is 15.3. The molecule has 6 heteroatoms. The van der Waals surface area contributed by atoms with Gasteiger partial charge in [-0.3, -0.25) is 4.90 Å². The van der Waals surface area contributed by atoms with Gasteiger partial charge >= 0.3 is 0 Å². The number of hydrogen-bond acceptors (Lipinski definition) is 5. The predicted molar refractivity (Wildman–Crippen MR) is 91.5 cm³/mol. The van der Waals surface area contributed by atoms with Crippen molar-refractivity contribution < 1.29 is 4.52 Å². The van der Waals surface area contributed by atoms with Crippen molar-refractivity contribution in [1.82, 2.24) is 24.6 Å². The summed E-state index contributed by atoms with van der Waals surface area (Å²) < 4.78 is 7.58. The van der Waals surface area contributed by atoms with Gasteiger partial charge in [-0.1, -0.05) is 31.1 Å². The molecule has 126 valence electrons. The number of benzene rings is 1. The van der Waals surface area contributed by atoms with E-state index in [1.807, 2.05) is 6.07 Å². The molecule has 0 bridgehead atoms. The maximum Gasteiger partial charge on any atom is 0.229 e. The summed E-state index contributed by atoms with van der Waals surface area (Å²) in [5.74, 6) is 2.88. The molecule has 1 aliphatic heterocycles. The Kier molecular flexibility index (Phi) is 3.84. The van der Waals surface area contributed by atoms with Gasteiger partial charge in [0, 0.05) is 13.0 Å². The summed E-state index contributed by atoms with van der Waals surface area (Å²) >= 11 is 0. The Morgan fingerprint density at radius 3 is 2.83 bits per heavy atom. The van der Waals surface area contributed by atoms with E-state index in [1.54, 1.807) is 0 Å². The zero-order valence-electron chi connectivity index (χ0n) is 14.4. The van der Waals surface area contributed by atoms with Gasteiger partial charge in [-0.05, 0) is 31.5 Å². The van der Waals surface area contributed by atoms with Crippen molar-refractivity contribution in [2.75, 3.05) is 6.54 Å². The Morgan fingerprint density at radius 2 is 2.08 bits per heavy atom. The van der Waals surface area contributed by atoms with Crippen LogP contribution in [-0.4, -0.2) is 31.1 Å². The van der Waals surface area contributed by atoms with E-state index in [0.717, 1.165) is 49.0 Å². The van der Waals surface area contributed by atoms with Crippen LogP contribution in [0.2, 0.25) is 0 Å². The van der Waals surface area contributed by atoms with E-state index in [2.05, 4.69) is 58.7 Å². The van der Waals surface area contributed by atoms with Crippen molar-refractivity contribution in [3.05, 3.63) is 41.8 Å². The van der Waals surface area contributed by atoms with Crippen molar-refractivity contribution in [2.24, 2.45) is 7.05 Å². The highest BCUT2D eigenvalue weighted by molar-refractivity contribution is 5.75. The van der Waals surface area contributed by atoms with Crippen LogP contribution >= 0.6 is 0 Å². The molecular weight excluding hydrogens is 302 g/mol. The van der Waals surface area contributed by atoms with E-state index in [1.165, 1.54) is 5.52 Å². The number of rotatable bonds is 4. The maximum atomic E-state index is 5.40. The van der Waals surface area contributed by atoms with Gasteiger partial charge < -0.3 is 9.09 Å². The highest BCUT2D eigenvalue weighted by Gasteiger charge is 2.31. The Bertz CT molecular complexity index is 850. The van der Waals surface area contributed by atoms with E-state index in [0.29, 0.717) is 0 Å². The fourth-order valence-corrected chi connectivity index (χ4v) is 3.44. The summed E-state index contributed by atoms with van der Waals surface area (Å²) in [6.45, 7) is 5.99. The molecule has 1 aliphatic rings. The van der Waals surface area contributed by atoms with Crippen LogP contribution in [-0.2, 0) is 13.6 Å². The molecule has 3 aromatic rings. The Balaban J connectivity index is 1.59. The van der Waals surface area contributed by atoms with Crippen LogP contribution in [0, 0.1) is 0 Å². The normalized spacial score (nSPS) is 18.9. The third kappa shape index (κ3) is 2.60. The van der Waals surface area contributed by atoms with Crippen LogP contribution in [0.1, 0.15) is 56.2 Å². The number of aryl methyl sites for hydroxylation is 1. The number of imidazole rings is 1. The lowest BCUT2D eigenvalue weighted by atomic mass is 10.2. The molecule has 0 saturated carbocycles. The minimum Gasteiger partial charge on any atom is -0.339 e. The fraction of sp³-hybridized carbons (Fsp3) is 0.500. The highest BCUT2D eigenvalue weighted by atomic mass is 16.5. The van der Waals surface area contributed by atoms with Crippen LogP contribution in [0.25, 0.3) is 11.0 Å². The molecule has 0 aliphatic carbocycles. The average molecular weight is 325 g/mol. The fourth-order valence-electron chi connectivity index (χ4n) is 3.44. The number of nitrogens with zero attached hydrogens (tertiary/aromatic N) is 5. The summed E-state index contributed by atoms with van der Waals surface area (Å²) in [7, 11) is 2.08. The molecule has 0 N–H and O–H groups in total. The smallest absolute Gasteiger partial charge is 0.229 e. The van der Waals surface area contributed by atoms with Gasteiger partial charge in [0.2, 0.25) is 5.89 Å². The van der Waals surface area contributed by atoms with Crippen molar-refractivity contribution >= 4 is 11.0 Å². The van der Waals surface area contributed by atoms with Gasteiger partial charge in [-0.25, -0.2) is 4.98 Å². The molecule has 1 atom stereocenters. The van der Waals surface area contributed by atoms with Crippen LogP contribution < -0.4 is 0 Å². The Hall–Kier alpha value is -2.21. The minimum atomic E-state index is 0.223. The number of likely N-dealkylation sites (tertiary alicyclic amines) is 1. The molecule has 0 spiro atoms. The molecule has 0 unspecified atom stereocenters. The van der Waals surface area contributed by atoms with Crippen LogP contribution in [0.15, 0.2) is 28.8 Å². The standard InChI is InChI=1S/C18H23N5O/c1-12(2)18-20-17(21-24-18)15-9-6-10-23(15)11-16-19-13-7-4-5-8-14(13)22(16)3/h4-5,7-8,12,15H,6,9-11H2,1-3H3/t15-/m0/s1. The van der Waals surface area contributed by atoms with Gasteiger partial charge in [0.1, 0.15) is 5.82 Å². The Morgan fingerprint density at radius 1 is 1.25 bits per heavy atom. The number of fused-ring (bicyclic) bond motifs is 1. The second kappa shape index (κ2) is 6.02. The van der Waals surface area contributed by atoms with E-state index >= 15 is 0 Å². The van der Waals surface area contributed by atoms with Gasteiger partial charge in [0.25, 0.3) is 0 Å². The molecule has 6 nitrogen and oxygen atoms in total. The molecule has 4 rings (SSSR count). The van der Waals surface area contributed by atoms with Gasteiger partial charge in [-0.2, -0.15) is 4.98 Å². The molecule has 0 amide bonds. The van der Waals surface area contributed by atoms with Crippen LogP contribution in [0.3, 0.4) is 0 Å².